The van der Waals surface area contributed by atoms with Crippen molar-refractivity contribution in [3.05, 3.63) is 0 Å². The number of esters is 1. The van der Waals surface area contributed by atoms with Crippen LogP contribution in [0.1, 0.15) is 46.0 Å². The predicted molar refractivity (Wildman–Crippen MR) is 56.5 cm³/mol. The van der Waals surface area contributed by atoms with Crippen molar-refractivity contribution < 1.29 is 14.3 Å². The van der Waals surface area contributed by atoms with Crippen molar-refractivity contribution in [2.45, 2.75) is 57.7 Å². The summed E-state index contributed by atoms with van der Waals surface area (Å²) in [6, 6.07) is 0. The number of fused-ring (bicyclic) bond motifs is 1. The van der Waals surface area contributed by atoms with Crippen LogP contribution in [-0.4, -0.2) is 24.3 Å². The molecule has 0 spiro atoms. The summed E-state index contributed by atoms with van der Waals surface area (Å²) in [6.07, 6.45) is 5.15. The third-order valence-electron chi connectivity index (χ3n) is 3.60. The van der Waals surface area contributed by atoms with Crippen LogP contribution in [0.15, 0.2) is 0 Å². The molecule has 0 aromatic carbocycles. The van der Waals surface area contributed by atoms with E-state index in [1.165, 1.54) is 0 Å². The lowest BCUT2D eigenvalue weighted by Crippen LogP contribution is -2.28. The Morgan fingerprint density at radius 1 is 1.60 bits per heavy atom. The van der Waals surface area contributed by atoms with Crippen molar-refractivity contribution >= 4 is 5.97 Å². The van der Waals surface area contributed by atoms with Gasteiger partial charge in [0, 0.05) is 0 Å². The van der Waals surface area contributed by atoms with E-state index >= 15 is 0 Å². The van der Waals surface area contributed by atoms with E-state index in [0.29, 0.717) is 12.7 Å². The highest BCUT2D eigenvalue weighted by Crippen LogP contribution is 2.49. The second kappa shape index (κ2) is 4.12. The quantitative estimate of drug-likeness (QED) is 0.408. The maximum absolute atomic E-state index is 11.7. The lowest BCUT2D eigenvalue weighted by atomic mass is 9.83. The number of carbonyl (C=O) groups excluding carboxylic acids is 1. The molecule has 1 aliphatic heterocycles. The fraction of sp³-hybridized carbons (Fsp3) is 0.917. The summed E-state index contributed by atoms with van der Waals surface area (Å²) < 4.78 is 10.8. The Bertz CT molecular complexity index is 251. The first-order chi connectivity index (χ1) is 7.15. The summed E-state index contributed by atoms with van der Waals surface area (Å²) in [6.45, 7) is 4.81. The van der Waals surface area contributed by atoms with Gasteiger partial charge in [0.05, 0.1) is 24.2 Å². The first-order valence-corrected chi connectivity index (χ1v) is 6.00. The number of ether oxygens (including phenoxy) is 2. The Hall–Kier alpha value is -0.570. The van der Waals surface area contributed by atoms with Crippen LogP contribution in [-0.2, 0) is 14.3 Å². The molecule has 1 saturated heterocycles. The van der Waals surface area contributed by atoms with Gasteiger partial charge in [-0.3, -0.25) is 4.79 Å². The van der Waals surface area contributed by atoms with Gasteiger partial charge < -0.3 is 9.47 Å². The average molecular weight is 212 g/mol. The summed E-state index contributed by atoms with van der Waals surface area (Å²) in [4.78, 5) is 11.7. The Labute approximate surface area is 91.1 Å². The molecular weight excluding hydrogens is 192 g/mol. The molecule has 2 fully saturated rings. The van der Waals surface area contributed by atoms with E-state index in [2.05, 4.69) is 13.8 Å². The minimum atomic E-state index is -0.0130. The van der Waals surface area contributed by atoms with Crippen LogP contribution < -0.4 is 0 Å². The molecule has 0 bridgehead atoms. The standard InChI is InChI=1S/C12H20O3/c1-3-4-7-14-11(13)9-5-6-12(2)10(8-9)15-12/h9-10H,3-8H2,1-2H3. The van der Waals surface area contributed by atoms with Crippen LogP contribution in [0.5, 0.6) is 0 Å². The van der Waals surface area contributed by atoms with E-state index in [4.69, 9.17) is 9.47 Å². The number of hydrogen-bond acceptors (Lipinski definition) is 3. The number of rotatable bonds is 4. The van der Waals surface area contributed by atoms with Gasteiger partial charge in [-0.05, 0) is 32.6 Å². The van der Waals surface area contributed by atoms with Gasteiger partial charge in [0.15, 0.2) is 0 Å². The molecule has 2 aliphatic rings. The molecule has 3 nitrogen and oxygen atoms in total. The molecule has 1 aliphatic carbocycles. The van der Waals surface area contributed by atoms with E-state index < -0.39 is 0 Å². The summed E-state index contributed by atoms with van der Waals surface area (Å²) >= 11 is 0. The maximum atomic E-state index is 11.7. The highest BCUT2D eigenvalue weighted by Gasteiger charge is 2.56. The Kier molecular flexibility index (Phi) is 3.01. The van der Waals surface area contributed by atoms with Crippen LogP contribution in [0, 0.1) is 5.92 Å². The van der Waals surface area contributed by atoms with E-state index in [0.717, 1.165) is 32.1 Å². The van der Waals surface area contributed by atoms with Gasteiger partial charge in [0.2, 0.25) is 0 Å². The SMILES string of the molecule is CCCCOC(=O)C1CCC2(C)OC2C1. The minimum absolute atomic E-state index is 0.0130. The van der Waals surface area contributed by atoms with E-state index in [-0.39, 0.29) is 17.5 Å². The third-order valence-corrected chi connectivity index (χ3v) is 3.60. The Morgan fingerprint density at radius 2 is 2.40 bits per heavy atom. The maximum Gasteiger partial charge on any atom is 0.309 e. The van der Waals surface area contributed by atoms with Crippen LogP contribution in [0.25, 0.3) is 0 Å². The molecule has 15 heavy (non-hydrogen) atoms. The lowest BCUT2D eigenvalue weighted by molar-refractivity contribution is -0.149. The number of carbonyl (C=O) groups is 1. The first-order valence-electron chi connectivity index (χ1n) is 6.00. The Morgan fingerprint density at radius 3 is 3.07 bits per heavy atom. The van der Waals surface area contributed by atoms with Gasteiger partial charge in [0.25, 0.3) is 0 Å². The number of unbranched alkanes of at least 4 members (excludes halogenated alkanes) is 1. The van der Waals surface area contributed by atoms with Crippen molar-refractivity contribution in [1.29, 1.82) is 0 Å². The summed E-state index contributed by atoms with van der Waals surface area (Å²) in [5.74, 6) is 0.0726. The largest absolute Gasteiger partial charge is 0.465 e. The van der Waals surface area contributed by atoms with Crippen LogP contribution in [0.2, 0.25) is 0 Å². The van der Waals surface area contributed by atoms with Crippen molar-refractivity contribution in [3.63, 3.8) is 0 Å². The van der Waals surface area contributed by atoms with Gasteiger partial charge in [-0.2, -0.15) is 0 Å². The van der Waals surface area contributed by atoms with Crippen LogP contribution in [0.3, 0.4) is 0 Å². The molecule has 0 amide bonds. The van der Waals surface area contributed by atoms with Crippen molar-refractivity contribution in [2.75, 3.05) is 6.61 Å². The van der Waals surface area contributed by atoms with Gasteiger partial charge in [-0.25, -0.2) is 0 Å². The second-order valence-corrected chi connectivity index (χ2v) is 4.91. The molecule has 86 valence electrons. The van der Waals surface area contributed by atoms with Crippen molar-refractivity contribution in [1.82, 2.24) is 0 Å². The molecule has 0 aromatic heterocycles. The molecule has 1 saturated carbocycles. The highest BCUT2D eigenvalue weighted by atomic mass is 16.6. The fourth-order valence-corrected chi connectivity index (χ4v) is 2.29. The normalized spacial score (nSPS) is 38.3. The van der Waals surface area contributed by atoms with E-state index in [1.54, 1.807) is 0 Å². The molecule has 0 aromatic rings. The lowest BCUT2D eigenvalue weighted by Gasteiger charge is -2.20. The molecule has 1 heterocycles. The molecule has 3 unspecified atom stereocenters. The molecule has 3 heteroatoms. The topological polar surface area (TPSA) is 38.8 Å². The van der Waals surface area contributed by atoms with E-state index in [9.17, 15) is 4.79 Å². The summed E-state index contributed by atoms with van der Waals surface area (Å²) in [5, 5.41) is 0. The monoisotopic (exact) mass is 212 g/mol. The molecule has 2 rings (SSSR count). The molecular formula is C12H20O3. The fourth-order valence-electron chi connectivity index (χ4n) is 2.29. The minimum Gasteiger partial charge on any atom is -0.465 e. The molecule has 0 radical (unpaired) electrons. The molecule has 0 N–H and O–H groups in total. The number of hydrogen-bond donors (Lipinski definition) is 0. The van der Waals surface area contributed by atoms with Gasteiger partial charge in [-0.1, -0.05) is 13.3 Å². The third kappa shape index (κ3) is 2.33. The predicted octanol–water partition coefficient (Wildman–Crippen LogP) is 2.29. The first kappa shape index (κ1) is 10.9. The van der Waals surface area contributed by atoms with Crippen molar-refractivity contribution in [2.24, 2.45) is 5.92 Å². The highest BCUT2D eigenvalue weighted by molar-refractivity contribution is 5.72. The average Bonchev–Trinajstić information content (AvgIpc) is 2.88. The summed E-state index contributed by atoms with van der Waals surface area (Å²) in [7, 11) is 0. The van der Waals surface area contributed by atoms with Crippen LogP contribution in [0.4, 0.5) is 0 Å². The zero-order chi connectivity index (χ0) is 10.9. The zero-order valence-electron chi connectivity index (χ0n) is 9.62. The molecule has 3 atom stereocenters. The van der Waals surface area contributed by atoms with E-state index in [1.807, 2.05) is 0 Å². The van der Waals surface area contributed by atoms with Gasteiger partial charge in [-0.15, -0.1) is 0 Å². The Balaban J connectivity index is 1.73. The van der Waals surface area contributed by atoms with Gasteiger partial charge >= 0.3 is 5.97 Å². The summed E-state index contributed by atoms with van der Waals surface area (Å²) in [5.41, 5.74) is 0.0974. The smallest absolute Gasteiger partial charge is 0.309 e. The van der Waals surface area contributed by atoms with Gasteiger partial charge in [0.1, 0.15) is 0 Å². The van der Waals surface area contributed by atoms with Crippen molar-refractivity contribution in [3.8, 4) is 0 Å². The second-order valence-electron chi connectivity index (χ2n) is 4.91. The van der Waals surface area contributed by atoms with Crippen LogP contribution >= 0.6 is 0 Å². The number of epoxide rings is 1. The zero-order valence-corrected chi connectivity index (χ0v) is 9.62.